The molecule has 1 rings (SSSR count). The normalized spacial score (nSPS) is 12.3. The van der Waals surface area contributed by atoms with E-state index in [1.807, 2.05) is 38.1 Å². The van der Waals surface area contributed by atoms with Gasteiger partial charge in [-0.15, -0.1) is 0 Å². The Morgan fingerprint density at radius 3 is 2.70 bits per heavy atom. The monoisotopic (exact) mass is 280 g/mol. The lowest BCUT2D eigenvalue weighted by Gasteiger charge is -2.23. The number of amides is 2. The van der Waals surface area contributed by atoms with Crippen molar-refractivity contribution in [1.82, 2.24) is 4.90 Å². The second-order valence-electron chi connectivity index (χ2n) is 5.13. The Balaban J connectivity index is 2.63. The molecule has 2 amide bonds. The fraction of sp³-hybridized carbons (Fsp3) is 0.533. The maximum atomic E-state index is 12.0. The number of hydrogen-bond acceptors (Lipinski definition) is 3. The highest BCUT2D eigenvalue weighted by Crippen LogP contribution is 2.13. The van der Waals surface area contributed by atoms with Gasteiger partial charge in [0, 0.05) is 12.7 Å². The first kappa shape index (κ1) is 16.5. The van der Waals surface area contributed by atoms with Crippen LogP contribution in [-0.4, -0.2) is 41.8 Å². The van der Waals surface area contributed by atoms with E-state index in [0.717, 1.165) is 11.3 Å². The molecule has 0 spiro atoms. The molecule has 0 aliphatic heterocycles. The molecule has 20 heavy (non-hydrogen) atoms. The van der Waals surface area contributed by atoms with Gasteiger partial charge in [-0.2, -0.15) is 0 Å². The van der Waals surface area contributed by atoms with Crippen LogP contribution in [0.3, 0.4) is 0 Å². The summed E-state index contributed by atoms with van der Waals surface area (Å²) in [5.41, 5.74) is 1.73. The highest BCUT2D eigenvalue weighted by atomic mass is 16.5. The predicted octanol–water partition coefficient (Wildman–Crippen LogP) is 2.46. The van der Waals surface area contributed by atoms with Gasteiger partial charge < -0.3 is 20.1 Å². The minimum Gasteiger partial charge on any atom is -0.394 e. The Bertz CT molecular complexity index is 435. The molecule has 0 saturated carbocycles. The van der Waals surface area contributed by atoms with Gasteiger partial charge in [0.15, 0.2) is 0 Å². The van der Waals surface area contributed by atoms with Crippen molar-refractivity contribution in [3.63, 3.8) is 0 Å². The number of anilines is 1. The van der Waals surface area contributed by atoms with E-state index >= 15 is 0 Å². The minimum atomic E-state index is -0.242. The molecule has 0 saturated heterocycles. The second kappa shape index (κ2) is 7.87. The molecule has 1 unspecified atom stereocenters. The van der Waals surface area contributed by atoms with E-state index in [1.165, 1.54) is 4.90 Å². The zero-order valence-electron chi connectivity index (χ0n) is 12.6. The number of nitrogens with one attached hydrogen (secondary N) is 1. The van der Waals surface area contributed by atoms with Gasteiger partial charge in [-0.1, -0.05) is 12.1 Å². The minimum absolute atomic E-state index is 0.0633. The van der Waals surface area contributed by atoms with Crippen LogP contribution >= 0.6 is 0 Å². The molecule has 1 atom stereocenters. The van der Waals surface area contributed by atoms with Crippen LogP contribution in [0.25, 0.3) is 0 Å². The van der Waals surface area contributed by atoms with Crippen molar-refractivity contribution < 1.29 is 14.6 Å². The number of carbonyl (C=O) groups excluding carboxylic acids is 1. The maximum absolute atomic E-state index is 12.0. The van der Waals surface area contributed by atoms with Crippen LogP contribution in [0.4, 0.5) is 10.5 Å². The Morgan fingerprint density at radius 1 is 1.40 bits per heavy atom. The van der Waals surface area contributed by atoms with E-state index < -0.39 is 0 Å². The first-order valence-electron chi connectivity index (χ1n) is 6.79. The smallest absolute Gasteiger partial charge is 0.321 e. The molecule has 1 aromatic rings. The summed E-state index contributed by atoms with van der Waals surface area (Å²) in [6, 6.07) is 7.09. The van der Waals surface area contributed by atoms with Crippen LogP contribution in [0.2, 0.25) is 0 Å². The molecular formula is C15H24N2O3. The number of rotatable bonds is 6. The lowest BCUT2D eigenvalue weighted by Crippen LogP contribution is -2.40. The zero-order chi connectivity index (χ0) is 15.1. The highest BCUT2D eigenvalue weighted by molar-refractivity contribution is 5.89. The molecule has 0 aliphatic rings. The summed E-state index contributed by atoms with van der Waals surface area (Å²) in [6.07, 6.45) is 0.171. The van der Waals surface area contributed by atoms with Crippen molar-refractivity contribution >= 4 is 11.7 Å². The molecule has 1 aromatic carbocycles. The van der Waals surface area contributed by atoms with Crippen molar-refractivity contribution in [2.75, 3.05) is 19.0 Å². The Labute approximate surface area is 120 Å². The van der Waals surface area contributed by atoms with Crippen LogP contribution in [0, 0.1) is 0 Å². The summed E-state index contributed by atoms with van der Waals surface area (Å²) in [7, 11) is 1.65. The summed E-state index contributed by atoms with van der Waals surface area (Å²) in [5.74, 6) is 0. The van der Waals surface area contributed by atoms with E-state index in [4.69, 9.17) is 9.84 Å². The molecule has 0 aliphatic carbocycles. The van der Waals surface area contributed by atoms with Crippen LogP contribution in [0.5, 0.6) is 0 Å². The second-order valence-corrected chi connectivity index (χ2v) is 5.13. The quantitative estimate of drug-likeness (QED) is 0.841. The van der Waals surface area contributed by atoms with Crippen molar-refractivity contribution in [2.24, 2.45) is 0 Å². The lowest BCUT2D eigenvalue weighted by molar-refractivity contribution is 0.0657. The first-order valence-corrected chi connectivity index (χ1v) is 6.79. The van der Waals surface area contributed by atoms with Gasteiger partial charge in [0.05, 0.1) is 25.4 Å². The molecule has 5 nitrogen and oxygen atoms in total. The zero-order valence-corrected chi connectivity index (χ0v) is 12.6. The van der Waals surface area contributed by atoms with Crippen molar-refractivity contribution in [2.45, 2.75) is 39.5 Å². The molecule has 0 heterocycles. The predicted molar refractivity (Wildman–Crippen MR) is 79.7 cm³/mol. The number of urea groups is 1. The molecular weight excluding hydrogens is 256 g/mol. The van der Waals surface area contributed by atoms with Crippen LogP contribution in [0.1, 0.15) is 26.3 Å². The van der Waals surface area contributed by atoms with E-state index in [9.17, 15) is 4.79 Å². The summed E-state index contributed by atoms with van der Waals surface area (Å²) >= 11 is 0. The van der Waals surface area contributed by atoms with Gasteiger partial charge in [-0.3, -0.25) is 0 Å². The van der Waals surface area contributed by atoms with E-state index in [2.05, 4.69) is 5.32 Å². The summed E-state index contributed by atoms with van der Waals surface area (Å²) < 4.78 is 5.53. The van der Waals surface area contributed by atoms with Gasteiger partial charge in [0.1, 0.15) is 0 Å². The molecule has 0 aromatic heterocycles. The average molecular weight is 280 g/mol. The number of benzene rings is 1. The molecule has 112 valence electrons. The topological polar surface area (TPSA) is 61.8 Å². The Hall–Kier alpha value is -1.59. The fourth-order valence-electron chi connectivity index (χ4n) is 1.54. The Morgan fingerprint density at radius 2 is 2.10 bits per heavy atom. The number of ether oxygens (including phenoxy) is 1. The fourth-order valence-corrected chi connectivity index (χ4v) is 1.54. The third-order valence-electron chi connectivity index (χ3n) is 3.01. The first-order chi connectivity index (χ1) is 9.43. The van der Waals surface area contributed by atoms with Gasteiger partial charge in [-0.25, -0.2) is 4.79 Å². The number of nitrogens with zero attached hydrogens (tertiary/aromatic N) is 1. The van der Waals surface area contributed by atoms with Gasteiger partial charge >= 0.3 is 6.03 Å². The molecule has 0 bridgehead atoms. The third kappa shape index (κ3) is 5.19. The van der Waals surface area contributed by atoms with Gasteiger partial charge in [0.2, 0.25) is 0 Å². The molecule has 2 N–H and O–H groups in total. The number of aliphatic hydroxyl groups is 1. The summed E-state index contributed by atoms with van der Waals surface area (Å²) in [5, 5.41) is 11.9. The highest BCUT2D eigenvalue weighted by Gasteiger charge is 2.14. The van der Waals surface area contributed by atoms with Crippen LogP contribution < -0.4 is 5.32 Å². The molecule has 5 heteroatoms. The lowest BCUT2D eigenvalue weighted by atomic mass is 10.2. The van der Waals surface area contributed by atoms with Crippen LogP contribution in [0.15, 0.2) is 24.3 Å². The third-order valence-corrected chi connectivity index (χ3v) is 3.01. The Kier molecular flexibility index (Phi) is 6.48. The number of hydrogen-bond donors (Lipinski definition) is 2. The average Bonchev–Trinajstić information content (AvgIpc) is 2.43. The van der Waals surface area contributed by atoms with Gasteiger partial charge in [-0.05, 0) is 38.5 Å². The summed E-state index contributed by atoms with van der Waals surface area (Å²) in [4.78, 5) is 13.4. The largest absolute Gasteiger partial charge is 0.394 e. The van der Waals surface area contributed by atoms with Crippen molar-refractivity contribution in [1.29, 1.82) is 0 Å². The van der Waals surface area contributed by atoms with Crippen LogP contribution in [-0.2, 0) is 11.3 Å². The summed E-state index contributed by atoms with van der Waals surface area (Å²) in [6.45, 7) is 6.21. The molecule has 0 radical (unpaired) electrons. The number of aliphatic hydroxyl groups excluding tert-OH is 1. The molecule has 0 fully saturated rings. The van der Waals surface area contributed by atoms with E-state index in [0.29, 0.717) is 6.61 Å². The van der Waals surface area contributed by atoms with Crippen molar-refractivity contribution in [3.05, 3.63) is 29.8 Å². The number of likely N-dealkylation sites (N-methyl/N-ethyl adjacent to an activating group) is 1. The maximum Gasteiger partial charge on any atom is 0.321 e. The van der Waals surface area contributed by atoms with Gasteiger partial charge in [0.25, 0.3) is 0 Å². The van der Waals surface area contributed by atoms with Crippen molar-refractivity contribution in [3.8, 4) is 0 Å². The SMILES string of the molecule is CC(C)OCc1cccc(NC(=O)N(C)C(C)CO)c1. The van der Waals surface area contributed by atoms with E-state index in [1.54, 1.807) is 14.0 Å². The number of carbonyl (C=O) groups is 1. The van der Waals surface area contributed by atoms with E-state index in [-0.39, 0.29) is 24.8 Å². The standard InChI is InChI=1S/C15H24N2O3/c1-11(2)20-10-13-6-5-7-14(8-13)16-15(19)17(4)12(3)9-18/h5-8,11-12,18H,9-10H2,1-4H3,(H,16,19).